The van der Waals surface area contributed by atoms with Gasteiger partial charge in [-0.05, 0) is 55.5 Å². The van der Waals surface area contributed by atoms with E-state index in [4.69, 9.17) is 5.73 Å². The first-order valence-electron chi connectivity index (χ1n) is 7.27. The van der Waals surface area contributed by atoms with Gasteiger partial charge >= 0.3 is 0 Å². The van der Waals surface area contributed by atoms with Crippen molar-refractivity contribution in [2.24, 2.45) is 10.2 Å². The summed E-state index contributed by atoms with van der Waals surface area (Å²) in [4.78, 5) is 1.81. The van der Waals surface area contributed by atoms with E-state index >= 15 is 0 Å². The van der Waals surface area contributed by atoms with Gasteiger partial charge in [-0.25, -0.2) is 0 Å². The van der Waals surface area contributed by atoms with Gasteiger partial charge in [0.1, 0.15) is 5.82 Å². The maximum atomic E-state index is 5.67. The number of nitrogen functional groups attached to an aromatic ring is 1. The minimum Gasteiger partial charge on any atom is -0.399 e. The van der Waals surface area contributed by atoms with Gasteiger partial charge in [0.25, 0.3) is 0 Å². The molecular weight excluding hydrogens is 286 g/mol. The molecule has 0 fully saturated rings. The lowest BCUT2D eigenvalue weighted by molar-refractivity contribution is 0.555. The van der Waals surface area contributed by atoms with Crippen LogP contribution < -0.4 is 11.1 Å². The highest BCUT2D eigenvalue weighted by Crippen LogP contribution is 2.21. The van der Waals surface area contributed by atoms with Crippen LogP contribution >= 0.6 is 0 Å². The van der Waals surface area contributed by atoms with E-state index in [1.807, 2.05) is 74.8 Å². The highest BCUT2D eigenvalue weighted by Gasteiger charge is 1.97. The molecule has 0 aromatic heterocycles. The lowest BCUT2D eigenvalue weighted by atomic mass is 10.2. The molecule has 0 saturated carbocycles. The Balaban J connectivity index is 1.99. The molecule has 0 aliphatic carbocycles. The van der Waals surface area contributed by atoms with Crippen LogP contribution in [0.15, 0.2) is 83.4 Å². The normalized spacial score (nSPS) is 11.0. The largest absolute Gasteiger partial charge is 0.399 e. The summed E-state index contributed by atoms with van der Waals surface area (Å²) in [5, 5.41) is 11.6. The van der Waals surface area contributed by atoms with Gasteiger partial charge in [0.15, 0.2) is 0 Å². The quantitative estimate of drug-likeness (QED) is 0.581. The molecule has 5 heteroatoms. The fourth-order valence-electron chi connectivity index (χ4n) is 1.84. The van der Waals surface area contributed by atoms with Crippen LogP contribution in [-0.4, -0.2) is 11.9 Å². The summed E-state index contributed by atoms with van der Waals surface area (Å²) in [5.74, 6) is 0.576. The zero-order chi connectivity index (χ0) is 16.7. The van der Waals surface area contributed by atoms with Crippen LogP contribution in [0.4, 0.5) is 22.7 Å². The molecule has 0 spiro atoms. The predicted octanol–water partition coefficient (Wildman–Crippen LogP) is 5.03. The summed E-state index contributed by atoms with van der Waals surface area (Å²) >= 11 is 0. The molecule has 0 unspecified atom stereocenters. The van der Waals surface area contributed by atoms with Crippen LogP contribution in [0.3, 0.4) is 0 Å². The van der Waals surface area contributed by atoms with Crippen molar-refractivity contribution in [3.05, 3.63) is 73.2 Å². The molecular formula is C18H21N5. The van der Waals surface area contributed by atoms with Crippen molar-refractivity contribution in [2.75, 3.05) is 18.1 Å². The fourth-order valence-corrected chi connectivity index (χ4v) is 1.84. The number of hydrogen-bond donors (Lipinski definition) is 2. The Morgan fingerprint density at radius 1 is 1.09 bits per heavy atom. The first kappa shape index (κ1) is 16.3. The van der Waals surface area contributed by atoms with E-state index in [0.29, 0.717) is 5.82 Å². The van der Waals surface area contributed by atoms with Crippen molar-refractivity contribution in [1.82, 2.24) is 4.90 Å². The molecule has 0 bridgehead atoms. The maximum Gasteiger partial charge on any atom is 0.147 e. The Hall–Kier alpha value is -3.08. The minimum absolute atomic E-state index is 0.576. The zero-order valence-electron chi connectivity index (χ0n) is 13.4. The van der Waals surface area contributed by atoms with Crippen LogP contribution in [0, 0.1) is 0 Å². The second-order valence-corrected chi connectivity index (χ2v) is 5.00. The number of hydrogen-bond acceptors (Lipinski definition) is 5. The Morgan fingerprint density at radius 2 is 1.65 bits per heavy atom. The first-order valence-corrected chi connectivity index (χ1v) is 7.27. The van der Waals surface area contributed by atoms with Gasteiger partial charge in [-0.2, -0.15) is 0 Å². The van der Waals surface area contributed by atoms with E-state index in [1.54, 1.807) is 4.90 Å². The lowest BCUT2D eigenvalue weighted by Crippen LogP contribution is -2.06. The smallest absolute Gasteiger partial charge is 0.147 e. The predicted molar refractivity (Wildman–Crippen MR) is 96.8 cm³/mol. The number of nitrogens with two attached hydrogens (primary N) is 1. The molecule has 0 heterocycles. The third-order valence-electron chi connectivity index (χ3n) is 3.13. The number of allylic oxidation sites excluding steroid dienone is 1. The van der Waals surface area contributed by atoms with Gasteiger partial charge in [0.05, 0.1) is 5.69 Å². The molecule has 0 aliphatic rings. The highest BCUT2D eigenvalue weighted by atomic mass is 15.3. The molecule has 0 aliphatic heterocycles. The van der Waals surface area contributed by atoms with E-state index in [-0.39, 0.29) is 0 Å². The van der Waals surface area contributed by atoms with E-state index < -0.39 is 0 Å². The molecule has 23 heavy (non-hydrogen) atoms. The number of anilines is 3. The Morgan fingerprint density at radius 3 is 2.22 bits per heavy atom. The molecule has 5 nitrogen and oxygen atoms in total. The molecule has 3 N–H and O–H groups in total. The minimum atomic E-state index is 0.576. The molecule has 0 radical (unpaired) electrons. The maximum absolute atomic E-state index is 5.67. The summed E-state index contributed by atoms with van der Waals surface area (Å²) in [5.41, 5.74) is 9.14. The molecule has 0 amide bonds. The molecule has 0 saturated heterocycles. The van der Waals surface area contributed by atoms with Gasteiger partial charge < -0.3 is 16.0 Å². The number of rotatable bonds is 6. The number of benzene rings is 2. The van der Waals surface area contributed by atoms with Crippen molar-refractivity contribution < 1.29 is 0 Å². The van der Waals surface area contributed by atoms with E-state index in [9.17, 15) is 0 Å². The van der Waals surface area contributed by atoms with Crippen LogP contribution in [0.25, 0.3) is 0 Å². The van der Waals surface area contributed by atoms with Crippen molar-refractivity contribution in [1.29, 1.82) is 0 Å². The number of azo groups is 1. The van der Waals surface area contributed by atoms with Gasteiger partial charge in [0, 0.05) is 30.3 Å². The zero-order valence-corrected chi connectivity index (χ0v) is 13.4. The Bertz CT molecular complexity index is 699. The standard InChI is InChI=1S/C18H21N5/c1-4-13-23(3)14(2)21-22-18-11-9-17(10-12-18)20-16-7-5-15(19)6-8-16/h4-13,20H,2,19H2,1,3H3/b13-4-,22-21+. The van der Waals surface area contributed by atoms with E-state index in [1.165, 1.54) is 0 Å². The van der Waals surface area contributed by atoms with E-state index in [2.05, 4.69) is 22.1 Å². The summed E-state index contributed by atoms with van der Waals surface area (Å²) in [6, 6.07) is 15.3. The average Bonchev–Trinajstić information content (AvgIpc) is 2.56. The SMILES string of the molecule is C=C(/N=N/c1ccc(Nc2ccc(N)cc2)cc1)N(C)/C=C\C. The van der Waals surface area contributed by atoms with Crippen molar-refractivity contribution in [2.45, 2.75) is 6.92 Å². The summed E-state index contributed by atoms with van der Waals surface area (Å²) in [7, 11) is 1.88. The number of nitrogens with zero attached hydrogens (tertiary/aromatic N) is 3. The average molecular weight is 307 g/mol. The summed E-state index contributed by atoms with van der Waals surface area (Å²) in [6.07, 6.45) is 3.79. The molecule has 118 valence electrons. The second kappa shape index (κ2) is 7.79. The van der Waals surface area contributed by atoms with Crippen molar-refractivity contribution >= 4 is 22.7 Å². The van der Waals surface area contributed by atoms with E-state index in [0.717, 1.165) is 22.7 Å². The van der Waals surface area contributed by atoms with Crippen LogP contribution in [-0.2, 0) is 0 Å². The Labute approximate surface area is 136 Å². The third kappa shape index (κ3) is 5.00. The second-order valence-electron chi connectivity index (χ2n) is 5.00. The monoisotopic (exact) mass is 307 g/mol. The fraction of sp³-hybridized carbons (Fsp3) is 0.111. The van der Waals surface area contributed by atoms with Crippen molar-refractivity contribution in [3.63, 3.8) is 0 Å². The third-order valence-corrected chi connectivity index (χ3v) is 3.13. The van der Waals surface area contributed by atoms with Gasteiger partial charge in [0.2, 0.25) is 0 Å². The van der Waals surface area contributed by atoms with Crippen LogP contribution in [0.5, 0.6) is 0 Å². The highest BCUT2D eigenvalue weighted by molar-refractivity contribution is 5.63. The van der Waals surface area contributed by atoms with Crippen LogP contribution in [0.2, 0.25) is 0 Å². The first-order chi connectivity index (χ1) is 11.1. The van der Waals surface area contributed by atoms with Gasteiger partial charge in [-0.1, -0.05) is 12.7 Å². The topological polar surface area (TPSA) is 66.0 Å². The van der Waals surface area contributed by atoms with Gasteiger partial charge in [-0.15, -0.1) is 10.2 Å². The lowest BCUT2D eigenvalue weighted by Gasteiger charge is -2.11. The van der Waals surface area contributed by atoms with Gasteiger partial charge in [-0.3, -0.25) is 0 Å². The summed E-state index contributed by atoms with van der Waals surface area (Å²) < 4.78 is 0. The molecule has 0 atom stereocenters. The van der Waals surface area contributed by atoms with Crippen molar-refractivity contribution in [3.8, 4) is 0 Å². The molecule has 2 aromatic rings. The number of nitrogens with one attached hydrogen (secondary N) is 1. The molecule has 2 rings (SSSR count). The Kier molecular flexibility index (Phi) is 5.52. The summed E-state index contributed by atoms with van der Waals surface area (Å²) in [6.45, 7) is 5.80. The molecule has 2 aromatic carbocycles. The van der Waals surface area contributed by atoms with Crippen LogP contribution in [0.1, 0.15) is 6.92 Å².